The Morgan fingerprint density at radius 3 is 1.88 bits per heavy atom. The number of allylic oxidation sites excluding steroid dienone is 3. The van der Waals surface area contributed by atoms with E-state index in [0.717, 1.165) is 43.0 Å². The van der Waals surface area contributed by atoms with Gasteiger partial charge in [0, 0.05) is 34.3 Å². The number of hydrogen-bond acceptors (Lipinski definition) is 1. The van der Waals surface area contributed by atoms with Crippen molar-refractivity contribution in [3.05, 3.63) is 266 Å². The van der Waals surface area contributed by atoms with Gasteiger partial charge in [0.05, 0.1) is 0 Å². The molecule has 1 spiro atoms. The average Bonchev–Trinajstić information content (AvgIpc) is 3.90. The summed E-state index contributed by atoms with van der Waals surface area (Å²) in [4.78, 5) is 2.40. The minimum Gasteiger partial charge on any atom is -0.310 e. The molecule has 66 heavy (non-hydrogen) atoms. The summed E-state index contributed by atoms with van der Waals surface area (Å²) in [5.74, 6) is 2.34. The van der Waals surface area contributed by atoms with Crippen molar-refractivity contribution in [3.8, 4) is 11.1 Å². The van der Waals surface area contributed by atoms with Crippen molar-refractivity contribution >= 4 is 40.9 Å². The predicted octanol–water partition coefficient (Wildman–Crippen LogP) is 16.1. The highest BCUT2D eigenvalue weighted by atomic mass is 15.1. The van der Waals surface area contributed by atoms with Gasteiger partial charge in [-0.15, -0.1) is 0 Å². The van der Waals surface area contributed by atoms with E-state index in [-0.39, 0.29) is 5.41 Å². The molecule has 0 saturated heterocycles. The number of hydrogen-bond donors (Lipinski definition) is 0. The van der Waals surface area contributed by atoms with Crippen LogP contribution in [-0.4, -0.2) is 0 Å². The molecule has 7 aliphatic carbocycles. The van der Waals surface area contributed by atoms with Crippen LogP contribution in [0.3, 0.4) is 0 Å². The fourth-order valence-electron chi connectivity index (χ4n) is 13.6. The first kappa shape index (κ1) is 38.1. The molecule has 0 aliphatic heterocycles. The van der Waals surface area contributed by atoms with Crippen molar-refractivity contribution in [2.24, 2.45) is 11.8 Å². The topological polar surface area (TPSA) is 3.24 Å². The lowest BCUT2D eigenvalue weighted by Crippen LogP contribution is -2.40. The molecule has 8 aromatic carbocycles. The Hall–Kier alpha value is -7.22. The fraction of sp³-hybridized carbons (Fsp3) is 0.169. The van der Waals surface area contributed by atoms with Crippen LogP contribution in [0, 0.1) is 11.8 Å². The van der Waals surface area contributed by atoms with Crippen LogP contribution < -0.4 is 4.90 Å². The monoisotopic (exact) mass is 845 g/mol. The van der Waals surface area contributed by atoms with E-state index in [9.17, 15) is 0 Å². The summed E-state index contributed by atoms with van der Waals surface area (Å²) in [6.07, 6.45) is 18.9. The molecule has 316 valence electrons. The normalized spacial score (nSPS) is 20.8. The van der Waals surface area contributed by atoms with Crippen LogP contribution in [0.4, 0.5) is 17.1 Å². The number of benzene rings is 8. The number of nitrogens with zero attached hydrogens (tertiary/aromatic N) is 1. The van der Waals surface area contributed by atoms with Gasteiger partial charge in [-0.25, -0.2) is 0 Å². The fourth-order valence-corrected chi connectivity index (χ4v) is 13.6. The molecule has 0 heterocycles. The van der Waals surface area contributed by atoms with Crippen LogP contribution in [0.2, 0.25) is 0 Å². The first-order valence-corrected chi connectivity index (χ1v) is 24.3. The maximum atomic E-state index is 2.59. The molecule has 0 aromatic heterocycles. The molecule has 1 heteroatoms. The second kappa shape index (κ2) is 14.9. The number of para-hydroxylation sites is 2. The SMILES string of the molecule is C1=CC2C3c4ccccc4C(c4ccc(C5=Cc6ccc(/C=C/c7ccc8c(c7)C7(Cc9ccccc9C7)c7cc(N(c9ccccc9)c9ccccc9)ccc7-8)cc6CC5)cc43)C2CC1. The molecule has 7 aliphatic rings. The van der Waals surface area contributed by atoms with Gasteiger partial charge in [-0.05, 0) is 176 Å². The Kier molecular flexibility index (Phi) is 8.60. The molecular weight excluding hydrogens is 795 g/mol. The first-order valence-electron chi connectivity index (χ1n) is 24.3. The molecule has 0 saturated carbocycles. The zero-order valence-electron chi connectivity index (χ0n) is 37.2. The number of anilines is 3. The maximum Gasteiger partial charge on any atom is 0.0465 e. The molecule has 0 radical (unpaired) electrons. The van der Waals surface area contributed by atoms with Gasteiger partial charge in [-0.3, -0.25) is 0 Å². The standard InChI is InChI=1S/C65H51N/c1-3-15-50(16-4-1)66(51-17-5-2-6-18-51)52-31-34-54-53-32-26-43(36-61(53)65(62(54)39-52)40-48-13-7-8-14-49(48)41-65)24-23-42-25-27-45-37-46(29-28-44(45)35-42)47-30-33-59-60(38-47)64-57-21-11-9-19-55(57)63(59)56-20-10-12-22-58(56)64/h1-9,11-19,21-27,30-39,56,58,63-64H,10,20,28-29,40-41H2/b24-23+. The molecule has 15 rings (SSSR count). The second-order valence-corrected chi connectivity index (χ2v) is 19.9. The summed E-state index contributed by atoms with van der Waals surface area (Å²) in [6.45, 7) is 0. The number of fused-ring (bicyclic) bond motifs is 7. The van der Waals surface area contributed by atoms with E-state index in [1.807, 2.05) is 0 Å². The van der Waals surface area contributed by atoms with Crippen LogP contribution in [0.15, 0.2) is 194 Å². The largest absolute Gasteiger partial charge is 0.310 e. The first-order chi connectivity index (χ1) is 32.7. The number of aryl methyl sites for hydroxylation is 1. The molecule has 0 N–H and O–H groups in total. The zero-order valence-corrected chi connectivity index (χ0v) is 37.2. The second-order valence-electron chi connectivity index (χ2n) is 19.9. The minimum absolute atomic E-state index is 0.124. The highest BCUT2D eigenvalue weighted by molar-refractivity contribution is 5.89. The Balaban J connectivity index is 0.773. The molecule has 1 nitrogen and oxygen atoms in total. The third kappa shape index (κ3) is 5.85. The summed E-state index contributed by atoms with van der Waals surface area (Å²) >= 11 is 0. The highest BCUT2D eigenvalue weighted by Crippen LogP contribution is 2.61. The third-order valence-corrected chi connectivity index (χ3v) is 16.5. The third-order valence-electron chi connectivity index (χ3n) is 16.5. The summed E-state index contributed by atoms with van der Waals surface area (Å²) in [5.41, 5.74) is 26.5. The lowest BCUT2D eigenvalue weighted by atomic mass is 9.52. The Labute approximate surface area is 389 Å². The summed E-state index contributed by atoms with van der Waals surface area (Å²) < 4.78 is 0. The quantitative estimate of drug-likeness (QED) is 0.119. The van der Waals surface area contributed by atoms with E-state index in [4.69, 9.17) is 0 Å². The van der Waals surface area contributed by atoms with E-state index in [2.05, 4.69) is 217 Å². The van der Waals surface area contributed by atoms with Crippen LogP contribution in [-0.2, 0) is 24.7 Å². The van der Waals surface area contributed by atoms with E-state index in [1.54, 1.807) is 22.3 Å². The van der Waals surface area contributed by atoms with Crippen molar-refractivity contribution in [1.29, 1.82) is 0 Å². The Morgan fingerprint density at radius 2 is 1.12 bits per heavy atom. The van der Waals surface area contributed by atoms with Crippen molar-refractivity contribution in [2.75, 3.05) is 4.90 Å². The van der Waals surface area contributed by atoms with Gasteiger partial charge in [-0.1, -0.05) is 176 Å². The summed E-state index contributed by atoms with van der Waals surface area (Å²) in [7, 11) is 0. The van der Waals surface area contributed by atoms with Crippen LogP contribution in [0.1, 0.15) is 103 Å². The van der Waals surface area contributed by atoms with Gasteiger partial charge in [0.25, 0.3) is 0 Å². The molecule has 0 fully saturated rings. The molecule has 8 aromatic rings. The highest BCUT2D eigenvalue weighted by Gasteiger charge is 2.50. The molecule has 0 amide bonds. The van der Waals surface area contributed by atoms with E-state index < -0.39 is 0 Å². The van der Waals surface area contributed by atoms with Gasteiger partial charge in [0.2, 0.25) is 0 Å². The number of rotatable bonds is 6. The van der Waals surface area contributed by atoms with Crippen molar-refractivity contribution in [2.45, 2.75) is 55.8 Å². The maximum absolute atomic E-state index is 2.59. The van der Waals surface area contributed by atoms with Crippen LogP contribution in [0.25, 0.3) is 34.9 Å². The predicted molar refractivity (Wildman–Crippen MR) is 275 cm³/mol. The summed E-state index contributed by atoms with van der Waals surface area (Å²) in [6, 6.07) is 69.1. The van der Waals surface area contributed by atoms with Gasteiger partial charge in [-0.2, -0.15) is 0 Å². The van der Waals surface area contributed by atoms with Crippen molar-refractivity contribution in [3.63, 3.8) is 0 Å². The van der Waals surface area contributed by atoms with Crippen LogP contribution >= 0.6 is 0 Å². The van der Waals surface area contributed by atoms with Crippen LogP contribution in [0.5, 0.6) is 0 Å². The Morgan fingerprint density at radius 1 is 0.485 bits per heavy atom. The van der Waals surface area contributed by atoms with E-state index in [1.165, 1.54) is 85.3 Å². The average molecular weight is 846 g/mol. The Bertz CT molecular complexity index is 3280. The zero-order chi connectivity index (χ0) is 43.3. The van der Waals surface area contributed by atoms with E-state index in [0.29, 0.717) is 17.8 Å². The molecule has 4 atom stereocenters. The summed E-state index contributed by atoms with van der Waals surface area (Å²) in [5, 5.41) is 0. The molecular formula is C65H51N. The van der Waals surface area contributed by atoms with Gasteiger partial charge < -0.3 is 4.90 Å². The smallest absolute Gasteiger partial charge is 0.0465 e. The lowest BCUT2D eigenvalue weighted by molar-refractivity contribution is 0.253. The van der Waals surface area contributed by atoms with Gasteiger partial charge in [0.15, 0.2) is 0 Å². The van der Waals surface area contributed by atoms with Crippen molar-refractivity contribution in [1.82, 2.24) is 0 Å². The van der Waals surface area contributed by atoms with Crippen molar-refractivity contribution < 1.29 is 0 Å². The lowest BCUT2D eigenvalue weighted by Gasteiger charge is -2.51. The van der Waals surface area contributed by atoms with E-state index >= 15 is 0 Å². The molecule has 4 unspecified atom stereocenters. The van der Waals surface area contributed by atoms with Gasteiger partial charge >= 0.3 is 0 Å². The minimum atomic E-state index is -0.124. The van der Waals surface area contributed by atoms with Gasteiger partial charge in [0.1, 0.15) is 0 Å². The molecule has 2 bridgehead atoms.